The van der Waals surface area contributed by atoms with Gasteiger partial charge < -0.3 is 9.67 Å². The second-order valence-electron chi connectivity index (χ2n) is 3.71. The number of hydrogen-bond acceptors (Lipinski definition) is 3. The zero-order chi connectivity index (χ0) is 10.6. The van der Waals surface area contributed by atoms with E-state index in [1.165, 1.54) is 0 Å². The van der Waals surface area contributed by atoms with Gasteiger partial charge in [0.1, 0.15) is 5.82 Å². The number of aliphatic hydroxyl groups is 1. The van der Waals surface area contributed by atoms with Gasteiger partial charge in [0.05, 0.1) is 12.6 Å². The van der Waals surface area contributed by atoms with Crippen molar-refractivity contribution < 1.29 is 5.11 Å². The van der Waals surface area contributed by atoms with Gasteiger partial charge in [-0.2, -0.15) is 0 Å². The number of likely N-dealkylation sites (N-methyl/N-ethyl adjacent to an activating group) is 1. The lowest BCUT2D eigenvalue weighted by Crippen LogP contribution is -2.29. The molecule has 0 spiro atoms. The van der Waals surface area contributed by atoms with Crippen molar-refractivity contribution in [3.8, 4) is 0 Å². The molecule has 1 aromatic heterocycles. The maximum atomic E-state index is 9.46. The molecule has 80 valence electrons. The number of imidazole rings is 1. The van der Waals surface area contributed by atoms with Gasteiger partial charge in [0.25, 0.3) is 0 Å². The molecule has 1 rings (SSSR count). The van der Waals surface area contributed by atoms with Crippen molar-refractivity contribution >= 4 is 0 Å². The first kappa shape index (κ1) is 11.2. The summed E-state index contributed by atoms with van der Waals surface area (Å²) in [7, 11) is 3.97. The third-order valence-corrected chi connectivity index (χ3v) is 2.33. The first-order chi connectivity index (χ1) is 6.63. The van der Waals surface area contributed by atoms with Crippen LogP contribution in [0.2, 0.25) is 0 Å². The summed E-state index contributed by atoms with van der Waals surface area (Å²) in [5.74, 6) is 1.02. The summed E-state index contributed by atoms with van der Waals surface area (Å²) in [6, 6.07) is 0. The molecule has 0 aliphatic carbocycles. The minimum atomic E-state index is -0.236. The van der Waals surface area contributed by atoms with Gasteiger partial charge in [0, 0.05) is 26.0 Å². The van der Waals surface area contributed by atoms with Gasteiger partial charge in [-0.15, -0.1) is 0 Å². The standard InChI is InChI=1S/C10H19N3O/c1-4-9(14)7-12(2)8-10-11-5-6-13(10)3/h5-6,9,14H,4,7-8H2,1-3H3. The Morgan fingerprint density at radius 1 is 1.64 bits per heavy atom. The summed E-state index contributed by atoms with van der Waals surface area (Å²) in [5, 5.41) is 9.46. The Hall–Kier alpha value is -0.870. The Bertz CT molecular complexity index is 272. The van der Waals surface area contributed by atoms with Crippen LogP contribution in [0.3, 0.4) is 0 Å². The topological polar surface area (TPSA) is 41.3 Å². The van der Waals surface area contributed by atoms with Crippen LogP contribution in [0.25, 0.3) is 0 Å². The van der Waals surface area contributed by atoms with Crippen LogP contribution in [0, 0.1) is 0 Å². The van der Waals surface area contributed by atoms with Crippen LogP contribution < -0.4 is 0 Å². The molecule has 1 atom stereocenters. The maximum Gasteiger partial charge on any atom is 0.122 e. The molecule has 0 saturated heterocycles. The Balaban J connectivity index is 2.41. The zero-order valence-corrected chi connectivity index (χ0v) is 9.14. The zero-order valence-electron chi connectivity index (χ0n) is 9.14. The highest BCUT2D eigenvalue weighted by Gasteiger charge is 2.08. The summed E-state index contributed by atoms with van der Waals surface area (Å²) >= 11 is 0. The van der Waals surface area contributed by atoms with E-state index in [-0.39, 0.29) is 6.10 Å². The van der Waals surface area contributed by atoms with Gasteiger partial charge in [0.15, 0.2) is 0 Å². The monoisotopic (exact) mass is 197 g/mol. The lowest BCUT2D eigenvalue weighted by Gasteiger charge is -2.19. The summed E-state index contributed by atoms with van der Waals surface area (Å²) in [5.41, 5.74) is 0. The minimum absolute atomic E-state index is 0.236. The third kappa shape index (κ3) is 3.12. The van der Waals surface area contributed by atoms with E-state index in [2.05, 4.69) is 9.88 Å². The molecule has 0 amide bonds. The molecule has 1 heterocycles. The molecule has 0 aliphatic heterocycles. The predicted octanol–water partition coefficient (Wildman–Crippen LogP) is 0.623. The van der Waals surface area contributed by atoms with Crippen LogP contribution in [0.1, 0.15) is 19.2 Å². The SMILES string of the molecule is CCC(O)CN(C)Cc1nccn1C. The highest BCUT2D eigenvalue weighted by atomic mass is 16.3. The van der Waals surface area contributed by atoms with Crippen molar-refractivity contribution in [2.75, 3.05) is 13.6 Å². The number of nitrogens with zero attached hydrogens (tertiary/aromatic N) is 3. The van der Waals surface area contributed by atoms with E-state index in [4.69, 9.17) is 0 Å². The van der Waals surface area contributed by atoms with Crippen LogP contribution >= 0.6 is 0 Å². The molecule has 0 saturated carbocycles. The molecule has 4 heteroatoms. The molecule has 1 unspecified atom stereocenters. The van der Waals surface area contributed by atoms with Gasteiger partial charge >= 0.3 is 0 Å². The molecule has 0 aromatic carbocycles. The average Bonchev–Trinajstić information content (AvgIpc) is 2.51. The van der Waals surface area contributed by atoms with E-state index in [9.17, 15) is 5.11 Å². The fourth-order valence-corrected chi connectivity index (χ4v) is 1.34. The molecular formula is C10H19N3O. The Morgan fingerprint density at radius 2 is 2.36 bits per heavy atom. The average molecular weight is 197 g/mol. The fourth-order valence-electron chi connectivity index (χ4n) is 1.34. The fraction of sp³-hybridized carbons (Fsp3) is 0.700. The van der Waals surface area contributed by atoms with E-state index in [1.54, 1.807) is 6.20 Å². The molecule has 1 N–H and O–H groups in total. The summed E-state index contributed by atoms with van der Waals surface area (Å²) in [4.78, 5) is 6.31. The predicted molar refractivity (Wildman–Crippen MR) is 55.8 cm³/mol. The van der Waals surface area contributed by atoms with Crippen molar-refractivity contribution in [1.82, 2.24) is 14.5 Å². The molecule has 1 aromatic rings. The molecule has 0 radical (unpaired) electrons. The van der Waals surface area contributed by atoms with E-state index in [1.807, 2.05) is 31.8 Å². The smallest absolute Gasteiger partial charge is 0.122 e. The van der Waals surface area contributed by atoms with Crippen LogP contribution in [0.15, 0.2) is 12.4 Å². The summed E-state index contributed by atoms with van der Waals surface area (Å²) < 4.78 is 1.99. The Morgan fingerprint density at radius 3 is 2.86 bits per heavy atom. The normalized spacial score (nSPS) is 13.5. The van der Waals surface area contributed by atoms with Crippen LogP contribution in [0.5, 0.6) is 0 Å². The van der Waals surface area contributed by atoms with Gasteiger partial charge in [-0.1, -0.05) is 6.92 Å². The van der Waals surface area contributed by atoms with Crippen molar-refractivity contribution in [3.05, 3.63) is 18.2 Å². The second kappa shape index (κ2) is 5.12. The van der Waals surface area contributed by atoms with Crippen LogP contribution in [-0.4, -0.2) is 39.3 Å². The molecule has 14 heavy (non-hydrogen) atoms. The van der Waals surface area contributed by atoms with Gasteiger partial charge in [-0.25, -0.2) is 4.98 Å². The first-order valence-electron chi connectivity index (χ1n) is 4.96. The number of hydrogen-bond donors (Lipinski definition) is 1. The number of aryl methyl sites for hydroxylation is 1. The van der Waals surface area contributed by atoms with E-state index in [0.29, 0.717) is 6.54 Å². The number of aliphatic hydroxyl groups excluding tert-OH is 1. The molecule has 0 aliphatic rings. The van der Waals surface area contributed by atoms with Crippen LogP contribution in [-0.2, 0) is 13.6 Å². The quantitative estimate of drug-likeness (QED) is 0.752. The lowest BCUT2D eigenvalue weighted by atomic mass is 10.2. The Kier molecular flexibility index (Phi) is 4.10. The first-order valence-corrected chi connectivity index (χ1v) is 4.96. The second-order valence-corrected chi connectivity index (χ2v) is 3.71. The number of aromatic nitrogens is 2. The van der Waals surface area contributed by atoms with E-state index in [0.717, 1.165) is 18.8 Å². The molecule has 0 bridgehead atoms. The largest absolute Gasteiger partial charge is 0.392 e. The van der Waals surface area contributed by atoms with Crippen molar-refractivity contribution in [2.45, 2.75) is 26.0 Å². The highest BCUT2D eigenvalue weighted by Crippen LogP contribution is 2.01. The maximum absolute atomic E-state index is 9.46. The number of rotatable bonds is 5. The summed E-state index contributed by atoms with van der Waals surface area (Å²) in [6.45, 7) is 3.46. The van der Waals surface area contributed by atoms with Crippen molar-refractivity contribution in [2.24, 2.45) is 7.05 Å². The van der Waals surface area contributed by atoms with E-state index < -0.39 is 0 Å². The minimum Gasteiger partial charge on any atom is -0.392 e. The Labute approximate surface area is 85.2 Å². The van der Waals surface area contributed by atoms with Crippen molar-refractivity contribution in [1.29, 1.82) is 0 Å². The van der Waals surface area contributed by atoms with Crippen LogP contribution in [0.4, 0.5) is 0 Å². The van der Waals surface area contributed by atoms with Gasteiger partial charge in [-0.3, -0.25) is 4.90 Å². The summed E-state index contributed by atoms with van der Waals surface area (Å²) in [6.07, 6.45) is 4.28. The van der Waals surface area contributed by atoms with Gasteiger partial charge in [0.2, 0.25) is 0 Å². The molecular weight excluding hydrogens is 178 g/mol. The van der Waals surface area contributed by atoms with E-state index >= 15 is 0 Å². The highest BCUT2D eigenvalue weighted by molar-refractivity contribution is 4.90. The third-order valence-electron chi connectivity index (χ3n) is 2.33. The van der Waals surface area contributed by atoms with Crippen molar-refractivity contribution in [3.63, 3.8) is 0 Å². The molecule has 4 nitrogen and oxygen atoms in total. The molecule has 0 fully saturated rings. The van der Waals surface area contributed by atoms with Gasteiger partial charge in [-0.05, 0) is 13.5 Å². The lowest BCUT2D eigenvalue weighted by molar-refractivity contribution is 0.118.